The van der Waals surface area contributed by atoms with E-state index in [-0.39, 0.29) is 10.8 Å². The zero-order valence-corrected chi connectivity index (χ0v) is 38.4. The van der Waals surface area contributed by atoms with Gasteiger partial charge in [-0.3, -0.25) is 0 Å². The molecule has 0 amide bonds. The van der Waals surface area contributed by atoms with Crippen LogP contribution >= 0.6 is 0 Å². The van der Waals surface area contributed by atoms with Crippen molar-refractivity contribution in [2.45, 2.75) is 66.2 Å². The predicted octanol–water partition coefficient (Wildman–Crippen LogP) is 18.1. The van der Waals surface area contributed by atoms with Gasteiger partial charge in [-0.1, -0.05) is 187 Å². The minimum atomic E-state index is -0.117. The largest absolute Gasteiger partial charge is 0.310 e. The number of hydrogen-bond donors (Lipinski definition) is 0. The highest BCUT2D eigenvalue weighted by atomic mass is 15.2. The van der Waals surface area contributed by atoms with E-state index in [9.17, 15) is 0 Å². The Hall–Kier alpha value is -7.16. The second-order valence-electron chi connectivity index (χ2n) is 19.6. The molecule has 0 atom stereocenters. The molecule has 0 heterocycles. The molecule has 0 unspecified atom stereocenters. The van der Waals surface area contributed by atoms with E-state index >= 15 is 0 Å². The zero-order valence-electron chi connectivity index (χ0n) is 38.4. The highest BCUT2D eigenvalue weighted by Crippen LogP contribution is 2.51. The topological polar surface area (TPSA) is 6.48 Å². The molecular weight excluding hydrogens is 773 g/mol. The summed E-state index contributed by atoms with van der Waals surface area (Å²) in [5, 5.41) is 7.47. The molecule has 0 saturated carbocycles. The van der Waals surface area contributed by atoms with E-state index in [2.05, 4.69) is 259 Å². The summed E-state index contributed by atoms with van der Waals surface area (Å²) in [6, 6.07) is 72.3. The molecule has 2 heteroatoms. The van der Waals surface area contributed by atoms with Crippen LogP contribution in [0, 0.1) is 13.8 Å². The molecule has 0 radical (unpaired) electrons. The van der Waals surface area contributed by atoms with Crippen LogP contribution in [-0.2, 0) is 10.8 Å². The van der Waals surface area contributed by atoms with Gasteiger partial charge in [-0.15, -0.1) is 0 Å². The van der Waals surface area contributed by atoms with Crippen molar-refractivity contribution < 1.29 is 0 Å². The lowest BCUT2D eigenvalue weighted by atomic mass is 9.83. The van der Waals surface area contributed by atoms with Gasteiger partial charge in [-0.25, -0.2) is 0 Å². The Bertz CT molecular complexity index is 3090. The third-order valence-corrected chi connectivity index (χ3v) is 12.9. The van der Waals surface area contributed by atoms with E-state index in [4.69, 9.17) is 0 Å². The van der Waals surface area contributed by atoms with Gasteiger partial charge < -0.3 is 9.80 Å². The van der Waals surface area contributed by atoms with E-state index in [0.717, 1.165) is 22.7 Å². The lowest BCUT2D eigenvalue weighted by Gasteiger charge is -2.34. The van der Waals surface area contributed by atoms with Gasteiger partial charge in [0.25, 0.3) is 0 Å². The summed E-state index contributed by atoms with van der Waals surface area (Å²) in [5.74, 6) is 0. The molecule has 10 rings (SSSR count). The number of hydrogen-bond acceptors (Lipinski definition) is 2. The Balaban J connectivity index is 1.26. The first kappa shape index (κ1) is 40.9. The SMILES string of the molecule is Cc1cccc(N(c2cc(-c3ccccc3)ccc2C(C)(C)C)c2ccc3ccc4c(N(c5cccc(C)c5)c5cc(-c6ccccc6)ccc5C(C)(C)C)ccc5ccc2c3c54)c1. The molecule has 2 nitrogen and oxygen atoms in total. The van der Waals surface area contributed by atoms with E-state index in [1.807, 2.05) is 0 Å². The van der Waals surface area contributed by atoms with Crippen molar-refractivity contribution in [3.63, 3.8) is 0 Å². The Kier molecular flexibility index (Phi) is 10.1. The van der Waals surface area contributed by atoms with Crippen LogP contribution in [0.4, 0.5) is 34.1 Å². The Labute approximate surface area is 379 Å². The van der Waals surface area contributed by atoms with Crippen molar-refractivity contribution in [1.29, 1.82) is 0 Å². The number of anilines is 6. The summed E-state index contributed by atoms with van der Waals surface area (Å²) in [6.45, 7) is 18.4. The molecule has 0 saturated heterocycles. The average molecular weight is 829 g/mol. The van der Waals surface area contributed by atoms with Crippen LogP contribution in [0.15, 0.2) is 194 Å². The van der Waals surface area contributed by atoms with E-state index < -0.39 is 0 Å². The highest BCUT2D eigenvalue weighted by molar-refractivity contribution is 6.28. The standard InChI is InChI=1S/C62H56N2/c1-41-17-15-23-49(37-41)63(57-39-47(43-19-11-9-12-20-43)27-33-53(57)61(3,4)5)55-35-29-45-26-32-52-56(36-30-46-25-31-51(55)59(45)60(46)52)64(50-24-16-18-42(2)38-50)58-40-48(44-21-13-10-14-22-44)28-34-54(58)62(6,7)8/h9-40H,1-8H3. The molecule has 10 aromatic rings. The smallest absolute Gasteiger partial charge is 0.0540 e. The van der Waals surface area contributed by atoms with Crippen molar-refractivity contribution in [2.75, 3.05) is 9.80 Å². The first-order valence-electron chi connectivity index (χ1n) is 22.7. The minimum Gasteiger partial charge on any atom is -0.310 e. The molecule has 0 spiro atoms. The normalized spacial score (nSPS) is 12.1. The predicted molar refractivity (Wildman–Crippen MR) is 277 cm³/mol. The fraction of sp³-hybridized carbons (Fsp3) is 0.161. The summed E-state index contributed by atoms with van der Waals surface area (Å²) in [6.07, 6.45) is 0. The van der Waals surface area contributed by atoms with Crippen LogP contribution in [0.3, 0.4) is 0 Å². The van der Waals surface area contributed by atoms with Crippen LogP contribution in [0.2, 0.25) is 0 Å². The number of aryl methyl sites for hydroxylation is 2. The van der Waals surface area contributed by atoms with Crippen molar-refractivity contribution >= 4 is 66.4 Å². The second-order valence-corrected chi connectivity index (χ2v) is 19.6. The van der Waals surface area contributed by atoms with E-state index in [0.29, 0.717) is 0 Å². The molecule has 0 N–H and O–H groups in total. The van der Waals surface area contributed by atoms with Crippen LogP contribution < -0.4 is 9.80 Å². The maximum absolute atomic E-state index is 2.52. The molecule has 0 fully saturated rings. The van der Waals surface area contributed by atoms with Gasteiger partial charge in [0.05, 0.1) is 22.7 Å². The molecule has 10 aromatic carbocycles. The zero-order chi connectivity index (χ0) is 44.3. The fourth-order valence-corrected chi connectivity index (χ4v) is 9.83. The third kappa shape index (κ3) is 7.37. The number of rotatable bonds is 8. The van der Waals surface area contributed by atoms with E-state index in [1.54, 1.807) is 0 Å². The average Bonchev–Trinajstić information content (AvgIpc) is 3.29. The Morgan fingerprint density at radius 3 is 1.08 bits per heavy atom. The maximum Gasteiger partial charge on any atom is 0.0540 e. The van der Waals surface area contributed by atoms with Gasteiger partial charge in [0.2, 0.25) is 0 Å². The van der Waals surface area contributed by atoms with Crippen molar-refractivity contribution in [3.05, 3.63) is 216 Å². The number of nitrogens with zero attached hydrogens (tertiary/aromatic N) is 2. The van der Waals surface area contributed by atoms with Crippen LogP contribution in [0.25, 0.3) is 54.6 Å². The fourth-order valence-electron chi connectivity index (χ4n) is 9.83. The maximum atomic E-state index is 2.52. The summed E-state index contributed by atoms with van der Waals surface area (Å²) in [4.78, 5) is 5.05. The van der Waals surface area contributed by atoms with Gasteiger partial charge in [-0.05, 0) is 139 Å². The van der Waals surface area contributed by atoms with Gasteiger partial charge in [-0.2, -0.15) is 0 Å². The number of benzene rings is 10. The molecule has 0 aliphatic carbocycles. The minimum absolute atomic E-state index is 0.117. The monoisotopic (exact) mass is 828 g/mol. The van der Waals surface area contributed by atoms with Gasteiger partial charge in [0.1, 0.15) is 0 Å². The molecule has 64 heavy (non-hydrogen) atoms. The Morgan fingerprint density at radius 2 is 0.703 bits per heavy atom. The van der Waals surface area contributed by atoms with Crippen molar-refractivity contribution in [3.8, 4) is 22.3 Å². The van der Waals surface area contributed by atoms with Crippen LogP contribution in [0.5, 0.6) is 0 Å². The van der Waals surface area contributed by atoms with Crippen LogP contribution in [0.1, 0.15) is 63.8 Å². The van der Waals surface area contributed by atoms with Crippen LogP contribution in [-0.4, -0.2) is 0 Å². The van der Waals surface area contributed by atoms with E-state index in [1.165, 1.54) is 88.2 Å². The van der Waals surface area contributed by atoms with Gasteiger partial charge in [0.15, 0.2) is 0 Å². The summed E-state index contributed by atoms with van der Waals surface area (Å²) in [7, 11) is 0. The lowest BCUT2D eigenvalue weighted by Crippen LogP contribution is -2.20. The van der Waals surface area contributed by atoms with Crippen molar-refractivity contribution in [2.24, 2.45) is 0 Å². The second kappa shape index (κ2) is 15.9. The molecule has 0 aliphatic heterocycles. The molecule has 314 valence electrons. The first-order chi connectivity index (χ1) is 30.8. The molecule has 0 aliphatic rings. The molecule has 0 aromatic heterocycles. The summed E-state index contributed by atoms with van der Waals surface area (Å²) >= 11 is 0. The molecular formula is C62H56N2. The van der Waals surface area contributed by atoms with Gasteiger partial charge >= 0.3 is 0 Å². The quantitative estimate of drug-likeness (QED) is 0.141. The first-order valence-corrected chi connectivity index (χ1v) is 22.7. The lowest BCUT2D eigenvalue weighted by molar-refractivity contribution is 0.591. The summed E-state index contributed by atoms with van der Waals surface area (Å²) in [5.41, 5.74) is 16.6. The van der Waals surface area contributed by atoms with Gasteiger partial charge in [0, 0.05) is 22.1 Å². The summed E-state index contributed by atoms with van der Waals surface area (Å²) < 4.78 is 0. The molecule has 0 bridgehead atoms. The highest BCUT2D eigenvalue weighted by Gasteiger charge is 2.29. The third-order valence-electron chi connectivity index (χ3n) is 12.9. The van der Waals surface area contributed by atoms with Crippen molar-refractivity contribution in [1.82, 2.24) is 0 Å². The Morgan fingerprint density at radius 1 is 0.312 bits per heavy atom.